The molecule has 0 radical (unpaired) electrons. The van der Waals surface area contributed by atoms with Gasteiger partial charge in [0.05, 0.1) is 6.61 Å². The number of hydrogen-bond acceptors (Lipinski definition) is 5. The van der Waals surface area contributed by atoms with Gasteiger partial charge in [0.2, 0.25) is 0 Å². The first kappa shape index (κ1) is 30.5. The fraction of sp³-hybridized carbons (Fsp3) is 0.406. The van der Waals surface area contributed by atoms with Crippen molar-refractivity contribution in [3.8, 4) is 5.75 Å². The molecule has 0 bridgehead atoms. The van der Waals surface area contributed by atoms with E-state index in [4.69, 9.17) is 13.8 Å². The molecular weight excluding hydrogens is 509 g/mol. The van der Waals surface area contributed by atoms with Crippen LogP contribution in [0.4, 0.5) is 4.79 Å². The van der Waals surface area contributed by atoms with Crippen LogP contribution in [0.1, 0.15) is 81.6 Å². The van der Waals surface area contributed by atoms with E-state index >= 15 is 0 Å². The van der Waals surface area contributed by atoms with Crippen molar-refractivity contribution in [2.45, 2.75) is 77.1 Å². The maximum atomic E-state index is 14.4. The lowest BCUT2D eigenvalue weighted by atomic mass is 10.1. The van der Waals surface area contributed by atoms with Gasteiger partial charge in [-0.1, -0.05) is 137 Å². The summed E-state index contributed by atoms with van der Waals surface area (Å²) in [6.07, 6.45) is 9.77. The topological polar surface area (TPSA) is 73.9 Å². The average molecular weight is 552 g/mol. The van der Waals surface area contributed by atoms with Gasteiger partial charge < -0.3 is 14.6 Å². The minimum atomic E-state index is -3.91. The third kappa shape index (κ3) is 11.3. The summed E-state index contributed by atoms with van der Waals surface area (Å²) in [6, 6.07) is 27.4. The van der Waals surface area contributed by atoms with E-state index in [2.05, 4.69) is 12.2 Å². The predicted molar refractivity (Wildman–Crippen MR) is 157 cm³/mol. The number of rotatable bonds is 18. The second-order valence-corrected chi connectivity index (χ2v) is 11.7. The normalized spacial score (nSPS) is 13.3. The summed E-state index contributed by atoms with van der Waals surface area (Å²) >= 11 is 0. The van der Waals surface area contributed by atoms with Gasteiger partial charge in [-0.05, 0) is 29.7 Å². The zero-order chi connectivity index (χ0) is 27.6. The van der Waals surface area contributed by atoms with Crippen LogP contribution in [0.15, 0.2) is 91.0 Å². The highest BCUT2D eigenvalue weighted by Gasteiger charge is 2.40. The Balaban J connectivity index is 1.67. The molecule has 6 nitrogen and oxygen atoms in total. The fourth-order valence-corrected chi connectivity index (χ4v) is 6.15. The first-order valence-electron chi connectivity index (χ1n) is 14.1. The third-order valence-electron chi connectivity index (χ3n) is 6.39. The lowest BCUT2D eigenvalue weighted by Gasteiger charge is -2.28. The quantitative estimate of drug-likeness (QED) is 0.126. The Morgan fingerprint density at radius 2 is 1.28 bits per heavy atom. The molecule has 0 aromatic heterocycles. The average Bonchev–Trinajstić information content (AvgIpc) is 2.97. The van der Waals surface area contributed by atoms with Crippen LogP contribution in [0, 0.1) is 0 Å². The highest BCUT2D eigenvalue weighted by atomic mass is 31.2. The van der Waals surface area contributed by atoms with Gasteiger partial charge in [0.25, 0.3) is 0 Å². The lowest BCUT2D eigenvalue weighted by molar-refractivity contribution is 0.136. The Bertz CT molecular complexity index is 1110. The summed E-state index contributed by atoms with van der Waals surface area (Å²) in [5.41, 5.74) is 1.47. The van der Waals surface area contributed by atoms with Crippen LogP contribution in [-0.4, -0.2) is 12.7 Å². The molecule has 0 saturated heterocycles. The van der Waals surface area contributed by atoms with Gasteiger partial charge in [-0.25, -0.2) is 9.36 Å². The SMILES string of the molecule is CCCCCCCCCCCOP(=O)(Oc1ccccc1)C(NC(=O)OCc1ccccc1)c1ccccc1. The van der Waals surface area contributed by atoms with Crippen LogP contribution in [-0.2, 0) is 20.4 Å². The molecule has 0 aliphatic heterocycles. The van der Waals surface area contributed by atoms with E-state index < -0.39 is 19.5 Å². The Hall–Kier alpha value is -3.08. The van der Waals surface area contributed by atoms with Crippen molar-refractivity contribution in [3.05, 3.63) is 102 Å². The summed E-state index contributed by atoms with van der Waals surface area (Å²) in [5.74, 6) is -0.631. The monoisotopic (exact) mass is 551 g/mol. The molecular formula is C32H42NO5P. The third-order valence-corrected chi connectivity index (χ3v) is 8.46. The van der Waals surface area contributed by atoms with E-state index in [9.17, 15) is 9.36 Å². The van der Waals surface area contributed by atoms with E-state index in [0.717, 1.165) is 24.8 Å². The van der Waals surface area contributed by atoms with Crippen molar-refractivity contribution in [1.82, 2.24) is 5.32 Å². The van der Waals surface area contributed by atoms with Crippen molar-refractivity contribution < 1.29 is 23.1 Å². The van der Waals surface area contributed by atoms with Crippen molar-refractivity contribution in [2.75, 3.05) is 6.61 Å². The summed E-state index contributed by atoms with van der Waals surface area (Å²) in [6.45, 7) is 2.59. The van der Waals surface area contributed by atoms with Crippen molar-refractivity contribution in [3.63, 3.8) is 0 Å². The van der Waals surface area contributed by atoms with Crippen molar-refractivity contribution in [1.29, 1.82) is 0 Å². The molecule has 0 aliphatic carbocycles. The molecule has 3 aromatic carbocycles. The van der Waals surface area contributed by atoms with Gasteiger partial charge in [-0.2, -0.15) is 0 Å². The summed E-state index contributed by atoms with van der Waals surface area (Å²) in [7, 11) is -3.91. The number of ether oxygens (including phenoxy) is 1. The maximum Gasteiger partial charge on any atom is 0.408 e. The number of alkyl carbamates (subject to hydrolysis) is 1. The molecule has 7 heteroatoms. The second kappa shape index (κ2) is 17.5. The van der Waals surface area contributed by atoms with Crippen LogP contribution in [0.2, 0.25) is 0 Å². The van der Waals surface area contributed by atoms with Crippen LogP contribution in [0.25, 0.3) is 0 Å². The molecule has 210 valence electrons. The number of benzene rings is 3. The molecule has 0 saturated carbocycles. The molecule has 39 heavy (non-hydrogen) atoms. The number of nitrogens with one attached hydrogen (secondary N) is 1. The molecule has 0 heterocycles. The molecule has 2 unspecified atom stereocenters. The standard InChI is InChI=1S/C32H42NO5P/c1-2-3-4-5-6-7-8-9-19-26-37-39(35,38-30-24-17-12-18-25-30)31(29-22-15-11-16-23-29)33-32(34)36-27-28-20-13-10-14-21-28/h10-18,20-25,31H,2-9,19,26-27H2,1H3,(H,33,34). The minimum absolute atomic E-state index is 0.0946. The highest BCUT2D eigenvalue weighted by molar-refractivity contribution is 7.54. The van der Waals surface area contributed by atoms with Gasteiger partial charge in [0.15, 0.2) is 5.78 Å². The number of amides is 1. The first-order chi connectivity index (χ1) is 19.1. The molecule has 3 aromatic rings. The number of para-hydroxylation sites is 1. The van der Waals surface area contributed by atoms with Crippen molar-refractivity contribution in [2.24, 2.45) is 0 Å². The molecule has 0 fully saturated rings. The number of carbonyl (C=O) groups is 1. The van der Waals surface area contributed by atoms with Crippen LogP contribution < -0.4 is 9.84 Å². The summed E-state index contributed by atoms with van der Waals surface area (Å²) < 4.78 is 31.9. The van der Waals surface area contributed by atoms with Crippen LogP contribution >= 0.6 is 7.60 Å². The zero-order valence-electron chi connectivity index (χ0n) is 23.0. The van der Waals surface area contributed by atoms with Crippen LogP contribution in [0.5, 0.6) is 5.75 Å². The minimum Gasteiger partial charge on any atom is -0.445 e. The van der Waals surface area contributed by atoms with Crippen molar-refractivity contribution >= 4 is 13.7 Å². The molecule has 0 spiro atoms. The number of unbranched alkanes of at least 4 members (excludes halogenated alkanes) is 8. The van der Waals surface area contributed by atoms with Gasteiger partial charge in [0.1, 0.15) is 12.4 Å². The van der Waals surface area contributed by atoms with E-state index in [1.165, 1.54) is 38.5 Å². The van der Waals surface area contributed by atoms with Crippen LogP contribution in [0.3, 0.4) is 0 Å². The Labute approximate surface area is 233 Å². The molecule has 0 aliphatic rings. The van der Waals surface area contributed by atoms with E-state index in [0.29, 0.717) is 11.3 Å². The summed E-state index contributed by atoms with van der Waals surface area (Å²) in [4.78, 5) is 12.9. The highest BCUT2D eigenvalue weighted by Crippen LogP contribution is 2.59. The smallest absolute Gasteiger partial charge is 0.408 e. The fourth-order valence-electron chi connectivity index (χ4n) is 4.24. The number of hydrogen-bond donors (Lipinski definition) is 1. The van der Waals surface area contributed by atoms with E-state index in [1.807, 2.05) is 54.6 Å². The van der Waals surface area contributed by atoms with E-state index in [1.54, 1.807) is 36.4 Å². The van der Waals surface area contributed by atoms with Gasteiger partial charge in [0, 0.05) is 0 Å². The van der Waals surface area contributed by atoms with Gasteiger partial charge in [-0.3, -0.25) is 4.52 Å². The predicted octanol–water partition coefficient (Wildman–Crippen LogP) is 9.43. The maximum absolute atomic E-state index is 14.4. The summed E-state index contributed by atoms with van der Waals surface area (Å²) in [5, 5.41) is 2.78. The molecule has 1 amide bonds. The Morgan fingerprint density at radius 3 is 1.90 bits per heavy atom. The van der Waals surface area contributed by atoms with Gasteiger partial charge >= 0.3 is 13.7 Å². The first-order valence-corrected chi connectivity index (χ1v) is 15.7. The van der Waals surface area contributed by atoms with E-state index in [-0.39, 0.29) is 13.2 Å². The lowest BCUT2D eigenvalue weighted by Crippen LogP contribution is -2.31. The molecule has 1 N–H and O–H groups in total. The Kier molecular flexibility index (Phi) is 13.7. The second-order valence-electron chi connectivity index (χ2n) is 9.63. The molecule has 3 rings (SSSR count). The zero-order valence-corrected chi connectivity index (χ0v) is 23.9. The largest absolute Gasteiger partial charge is 0.445 e. The van der Waals surface area contributed by atoms with Gasteiger partial charge in [-0.15, -0.1) is 0 Å². The Morgan fingerprint density at radius 1 is 0.744 bits per heavy atom. The molecule has 2 atom stereocenters. The number of carbonyl (C=O) groups excluding carboxylic acids is 1.